The van der Waals surface area contributed by atoms with Gasteiger partial charge in [-0.25, -0.2) is 0 Å². The van der Waals surface area contributed by atoms with Crippen LogP contribution in [0.2, 0.25) is 0 Å². The van der Waals surface area contributed by atoms with E-state index in [9.17, 15) is 4.79 Å². The maximum absolute atomic E-state index is 10.7. The highest BCUT2D eigenvalue weighted by Crippen LogP contribution is 2.29. The maximum Gasteiger partial charge on any atom is 0.317 e. The number of hydrogen-bond donors (Lipinski definition) is 2. The van der Waals surface area contributed by atoms with E-state index in [-0.39, 0.29) is 6.54 Å². The number of benzene rings is 2. The molecule has 2 atom stereocenters. The number of rotatable bonds is 9. The van der Waals surface area contributed by atoms with Gasteiger partial charge >= 0.3 is 5.97 Å². The van der Waals surface area contributed by atoms with E-state index in [0.717, 1.165) is 24.7 Å². The Kier molecular flexibility index (Phi) is 10.8. The summed E-state index contributed by atoms with van der Waals surface area (Å²) in [5.41, 5.74) is 1.47. The Labute approximate surface area is 194 Å². The largest absolute Gasteiger partial charge is 0.480 e. The molecule has 2 unspecified atom stereocenters. The first-order valence-electron chi connectivity index (χ1n) is 12.4. The zero-order valence-electron chi connectivity index (χ0n) is 19.4. The van der Waals surface area contributed by atoms with E-state index in [1.165, 1.54) is 63.7 Å². The van der Waals surface area contributed by atoms with Gasteiger partial charge in [0, 0.05) is 12.6 Å². The van der Waals surface area contributed by atoms with Gasteiger partial charge < -0.3 is 15.3 Å². The van der Waals surface area contributed by atoms with Gasteiger partial charge in [0.25, 0.3) is 0 Å². The molecule has 1 heterocycles. The first-order chi connectivity index (χ1) is 15.7. The molecule has 1 saturated heterocycles. The highest BCUT2D eigenvalue weighted by atomic mass is 16.4. The van der Waals surface area contributed by atoms with Crippen molar-refractivity contribution in [3.05, 3.63) is 72.3 Å². The molecular formula is C28H40N2O2. The van der Waals surface area contributed by atoms with Crippen LogP contribution in [0.15, 0.2) is 66.7 Å². The number of piperidine rings is 1. The average Bonchev–Trinajstić information content (AvgIpc) is 3.28. The van der Waals surface area contributed by atoms with Crippen molar-refractivity contribution >= 4 is 5.97 Å². The van der Waals surface area contributed by atoms with Crippen molar-refractivity contribution < 1.29 is 9.90 Å². The molecule has 0 bridgehead atoms. The number of aryl methyl sites for hydroxylation is 1. The second-order valence-electron chi connectivity index (χ2n) is 9.43. The molecule has 2 N–H and O–H groups in total. The van der Waals surface area contributed by atoms with Gasteiger partial charge in [-0.15, -0.1) is 0 Å². The highest BCUT2D eigenvalue weighted by molar-refractivity contribution is 5.69. The van der Waals surface area contributed by atoms with E-state index in [1.54, 1.807) is 0 Å². The van der Waals surface area contributed by atoms with Crippen LogP contribution in [0.4, 0.5) is 0 Å². The summed E-state index contributed by atoms with van der Waals surface area (Å²) in [4.78, 5) is 13.3. The van der Waals surface area contributed by atoms with Gasteiger partial charge in [-0.2, -0.15) is 0 Å². The average molecular weight is 437 g/mol. The number of nitrogens with zero attached hydrogens (tertiary/aromatic N) is 1. The lowest BCUT2D eigenvalue weighted by Gasteiger charge is -2.33. The van der Waals surface area contributed by atoms with Crippen LogP contribution in [0.1, 0.15) is 50.5 Å². The van der Waals surface area contributed by atoms with Crippen LogP contribution in [0.25, 0.3) is 0 Å². The second kappa shape index (κ2) is 14.1. The van der Waals surface area contributed by atoms with Crippen molar-refractivity contribution in [3.63, 3.8) is 0 Å². The molecule has 4 nitrogen and oxygen atoms in total. The van der Waals surface area contributed by atoms with E-state index in [0.29, 0.717) is 6.04 Å². The number of aliphatic carboxylic acids is 1. The third-order valence-electron chi connectivity index (χ3n) is 6.89. The fraction of sp³-hybridized carbons (Fsp3) is 0.536. The fourth-order valence-electron chi connectivity index (χ4n) is 5.11. The first-order valence-corrected chi connectivity index (χ1v) is 12.4. The molecule has 0 aromatic heterocycles. The number of carbonyl (C=O) groups is 1. The van der Waals surface area contributed by atoms with Crippen LogP contribution in [0.3, 0.4) is 0 Å². The van der Waals surface area contributed by atoms with Crippen molar-refractivity contribution in [1.29, 1.82) is 0 Å². The monoisotopic (exact) mass is 436 g/mol. The number of carboxylic acids is 1. The first kappa shape index (κ1) is 24.5. The van der Waals surface area contributed by atoms with Crippen LogP contribution in [-0.2, 0) is 11.2 Å². The standard InChI is InChI=1S/C22H34N2O2.C6H6/c25-22(26)16-23-21-10-9-20(15-21)17-24-13-11-19(12-14-24)8-4-7-18-5-2-1-3-6-18;1-2-4-6-5-3-1/h1-3,5-6,19-21,23H,4,7-17H2,(H,25,26);1-6H. The molecular weight excluding hydrogens is 396 g/mol. The van der Waals surface area contributed by atoms with Crippen molar-refractivity contribution in [1.82, 2.24) is 10.2 Å². The lowest BCUT2D eigenvalue weighted by molar-refractivity contribution is -0.136. The van der Waals surface area contributed by atoms with Crippen molar-refractivity contribution in [2.45, 2.75) is 57.4 Å². The van der Waals surface area contributed by atoms with Crippen LogP contribution < -0.4 is 5.32 Å². The Morgan fingerprint density at radius 2 is 1.50 bits per heavy atom. The highest BCUT2D eigenvalue weighted by Gasteiger charge is 2.28. The number of carboxylic acid groups (broad SMARTS) is 1. The molecule has 32 heavy (non-hydrogen) atoms. The molecule has 2 fully saturated rings. The Hall–Kier alpha value is -2.17. The molecule has 2 aromatic carbocycles. The zero-order chi connectivity index (χ0) is 22.4. The summed E-state index contributed by atoms with van der Waals surface area (Å²) < 4.78 is 0. The number of likely N-dealkylation sites (tertiary alicyclic amines) is 1. The summed E-state index contributed by atoms with van der Waals surface area (Å²) in [6.45, 7) is 3.81. The molecule has 2 aliphatic rings. The minimum absolute atomic E-state index is 0.103. The molecule has 174 valence electrons. The van der Waals surface area contributed by atoms with Gasteiger partial charge in [-0.05, 0) is 75.4 Å². The molecule has 0 spiro atoms. The van der Waals surface area contributed by atoms with Gasteiger partial charge in [-0.3, -0.25) is 4.79 Å². The quantitative estimate of drug-likeness (QED) is 0.564. The van der Waals surface area contributed by atoms with Crippen LogP contribution in [-0.4, -0.2) is 48.2 Å². The molecule has 4 heteroatoms. The van der Waals surface area contributed by atoms with E-state index in [4.69, 9.17) is 5.11 Å². The minimum Gasteiger partial charge on any atom is -0.480 e. The van der Waals surface area contributed by atoms with E-state index in [1.807, 2.05) is 36.4 Å². The third kappa shape index (κ3) is 9.54. The topological polar surface area (TPSA) is 52.6 Å². The molecule has 4 rings (SSSR count). The van der Waals surface area contributed by atoms with Crippen molar-refractivity contribution in [2.24, 2.45) is 11.8 Å². The molecule has 1 saturated carbocycles. The van der Waals surface area contributed by atoms with Crippen LogP contribution in [0, 0.1) is 11.8 Å². The summed E-state index contributed by atoms with van der Waals surface area (Å²) in [5.74, 6) is 0.905. The van der Waals surface area contributed by atoms with Crippen LogP contribution >= 0.6 is 0 Å². The van der Waals surface area contributed by atoms with Gasteiger partial charge in [0.1, 0.15) is 0 Å². The predicted molar refractivity (Wildman–Crippen MR) is 132 cm³/mol. The maximum atomic E-state index is 10.7. The summed E-state index contributed by atoms with van der Waals surface area (Å²) in [5, 5.41) is 12.0. The van der Waals surface area contributed by atoms with Crippen LogP contribution in [0.5, 0.6) is 0 Å². The van der Waals surface area contributed by atoms with Crippen molar-refractivity contribution in [2.75, 3.05) is 26.2 Å². The Bertz CT molecular complexity index is 718. The van der Waals surface area contributed by atoms with Gasteiger partial charge in [0.15, 0.2) is 0 Å². The van der Waals surface area contributed by atoms with Crippen molar-refractivity contribution in [3.8, 4) is 0 Å². The van der Waals surface area contributed by atoms with E-state index in [2.05, 4.69) is 40.5 Å². The third-order valence-corrected chi connectivity index (χ3v) is 6.89. The lowest BCUT2D eigenvalue weighted by atomic mass is 9.90. The van der Waals surface area contributed by atoms with E-state index >= 15 is 0 Å². The summed E-state index contributed by atoms with van der Waals surface area (Å²) in [7, 11) is 0. The summed E-state index contributed by atoms with van der Waals surface area (Å²) >= 11 is 0. The fourth-order valence-corrected chi connectivity index (χ4v) is 5.11. The SMILES string of the molecule is O=C(O)CNC1CCC(CN2CCC(CCCc3ccccc3)CC2)C1.c1ccccc1. The smallest absolute Gasteiger partial charge is 0.317 e. The van der Waals surface area contributed by atoms with E-state index < -0.39 is 5.97 Å². The Morgan fingerprint density at radius 3 is 2.12 bits per heavy atom. The summed E-state index contributed by atoms with van der Waals surface area (Å²) in [6, 6.07) is 23.3. The zero-order valence-corrected chi connectivity index (χ0v) is 19.4. The number of nitrogens with one attached hydrogen (secondary N) is 1. The van der Waals surface area contributed by atoms with Gasteiger partial charge in [0.2, 0.25) is 0 Å². The Morgan fingerprint density at radius 1 is 0.875 bits per heavy atom. The van der Waals surface area contributed by atoms with Gasteiger partial charge in [-0.1, -0.05) is 73.2 Å². The molecule has 0 amide bonds. The summed E-state index contributed by atoms with van der Waals surface area (Å²) in [6.07, 6.45) is 10.1. The molecule has 2 aromatic rings. The predicted octanol–water partition coefficient (Wildman–Crippen LogP) is 5.25. The Balaban J connectivity index is 0.000000416. The molecule has 0 radical (unpaired) electrons. The number of hydrogen-bond acceptors (Lipinski definition) is 3. The normalized spacial score (nSPS) is 21.6. The molecule has 1 aliphatic carbocycles. The lowest BCUT2D eigenvalue weighted by Crippen LogP contribution is -2.37. The minimum atomic E-state index is -0.747. The van der Waals surface area contributed by atoms with Gasteiger partial charge in [0.05, 0.1) is 6.54 Å². The second-order valence-corrected chi connectivity index (χ2v) is 9.43. The molecule has 1 aliphatic heterocycles.